The monoisotopic (exact) mass is 233 g/mol. The molecule has 0 N–H and O–H groups in total. The number of benzene rings is 1. The molecule has 2 rings (SSSR count). The predicted octanol–water partition coefficient (Wildman–Crippen LogP) is 1.19. The summed E-state index contributed by atoms with van der Waals surface area (Å²) >= 11 is 0. The van der Waals surface area contributed by atoms with Crippen LogP contribution in [0.5, 0.6) is 0 Å². The predicted molar refractivity (Wildman–Crippen MR) is 58.2 cm³/mol. The van der Waals surface area contributed by atoms with Crippen molar-refractivity contribution in [3.8, 4) is 0 Å². The van der Waals surface area contributed by atoms with E-state index in [1.807, 2.05) is 0 Å². The second-order valence-corrected chi connectivity index (χ2v) is 3.81. The maximum Gasteiger partial charge on any atom is 0.285 e. The van der Waals surface area contributed by atoms with Crippen LogP contribution in [0.4, 0.5) is 0 Å². The second kappa shape index (κ2) is 4.10. The van der Waals surface area contributed by atoms with E-state index < -0.39 is 17.9 Å². The molecule has 1 heterocycles. The van der Waals surface area contributed by atoms with Crippen molar-refractivity contribution in [1.29, 1.82) is 0 Å². The van der Waals surface area contributed by atoms with Crippen molar-refractivity contribution in [1.82, 2.24) is 5.06 Å². The minimum atomic E-state index is -0.822. The van der Waals surface area contributed by atoms with Crippen LogP contribution in [0.25, 0.3) is 0 Å². The third kappa shape index (κ3) is 1.85. The summed E-state index contributed by atoms with van der Waals surface area (Å²) in [5.74, 6) is -1.31. The van der Waals surface area contributed by atoms with E-state index >= 15 is 0 Å². The van der Waals surface area contributed by atoms with Gasteiger partial charge in [-0.2, -0.15) is 0 Å². The van der Waals surface area contributed by atoms with Crippen LogP contribution in [0, 0.1) is 0 Å². The molecule has 88 valence electrons. The normalized spacial score (nSPS) is 16.0. The van der Waals surface area contributed by atoms with Crippen molar-refractivity contribution < 1.29 is 19.2 Å². The molecule has 0 bridgehead atoms. The summed E-state index contributed by atoms with van der Waals surface area (Å²) in [7, 11) is 0. The van der Waals surface area contributed by atoms with Crippen LogP contribution in [-0.4, -0.2) is 28.8 Å². The molecule has 1 aromatic rings. The number of carbonyl (C=O) groups is 3. The molecule has 1 unspecified atom stereocenters. The van der Waals surface area contributed by atoms with Crippen molar-refractivity contribution in [2.24, 2.45) is 0 Å². The summed E-state index contributed by atoms with van der Waals surface area (Å²) < 4.78 is 0. The van der Waals surface area contributed by atoms with Crippen molar-refractivity contribution in [3.63, 3.8) is 0 Å². The van der Waals surface area contributed by atoms with Crippen LogP contribution in [0.2, 0.25) is 0 Å². The summed E-state index contributed by atoms with van der Waals surface area (Å²) in [6.45, 7) is 2.83. The van der Waals surface area contributed by atoms with Gasteiger partial charge in [-0.1, -0.05) is 12.1 Å². The molecule has 1 aliphatic rings. The maximum absolute atomic E-state index is 11.8. The Balaban J connectivity index is 2.27. The fourth-order valence-electron chi connectivity index (χ4n) is 1.50. The van der Waals surface area contributed by atoms with Crippen LogP contribution in [0.3, 0.4) is 0 Å². The number of rotatable bonds is 3. The van der Waals surface area contributed by atoms with Gasteiger partial charge in [-0.25, -0.2) is 0 Å². The first-order valence-electron chi connectivity index (χ1n) is 5.17. The molecular weight excluding hydrogens is 222 g/mol. The Kier molecular flexibility index (Phi) is 2.77. The Bertz CT molecular complexity index is 474. The van der Waals surface area contributed by atoms with Gasteiger partial charge < -0.3 is 0 Å². The highest BCUT2D eigenvalue weighted by Gasteiger charge is 2.37. The number of fused-ring (bicyclic) bond motifs is 1. The SMILES string of the molecule is CC(=O)C(C)ON1C(=O)c2ccccc2C1=O. The van der Waals surface area contributed by atoms with Gasteiger partial charge in [-0.05, 0) is 26.0 Å². The van der Waals surface area contributed by atoms with E-state index in [4.69, 9.17) is 4.84 Å². The number of amides is 2. The van der Waals surface area contributed by atoms with Gasteiger partial charge in [0.05, 0.1) is 11.1 Å². The van der Waals surface area contributed by atoms with Crippen molar-refractivity contribution in [3.05, 3.63) is 35.4 Å². The number of imide groups is 1. The third-order valence-corrected chi connectivity index (χ3v) is 2.59. The standard InChI is InChI=1S/C12H11NO4/c1-7(14)8(2)17-13-11(15)9-5-3-4-6-10(9)12(13)16/h3-6,8H,1-2H3. The van der Waals surface area contributed by atoms with Gasteiger partial charge in [-0.15, -0.1) is 5.06 Å². The molecule has 17 heavy (non-hydrogen) atoms. The number of nitrogens with zero attached hydrogens (tertiary/aromatic N) is 1. The van der Waals surface area contributed by atoms with Gasteiger partial charge in [0, 0.05) is 0 Å². The fraction of sp³-hybridized carbons (Fsp3) is 0.250. The van der Waals surface area contributed by atoms with Crippen LogP contribution >= 0.6 is 0 Å². The summed E-state index contributed by atoms with van der Waals surface area (Å²) in [5.41, 5.74) is 0.599. The zero-order chi connectivity index (χ0) is 12.6. The van der Waals surface area contributed by atoms with Crippen LogP contribution in [-0.2, 0) is 9.63 Å². The molecule has 1 aliphatic heterocycles. The summed E-state index contributed by atoms with van der Waals surface area (Å²) in [6, 6.07) is 6.44. The highest BCUT2D eigenvalue weighted by Crippen LogP contribution is 2.23. The average molecular weight is 233 g/mol. The molecule has 5 nitrogen and oxygen atoms in total. The fourth-order valence-corrected chi connectivity index (χ4v) is 1.50. The number of hydrogen-bond donors (Lipinski definition) is 0. The van der Waals surface area contributed by atoms with Gasteiger partial charge in [0.25, 0.3) is 11.8 Å². The van der Waals surface area contributed by atoms with E-state index in [1.165, 1.54) is 13.8 Å². The van der Waals surface area contributed by atoms with Gasteiger partial charge >= 0.3 is 0 Å². The molecule has 0 aliphatic carbocycles. The first kappa shape index (κ1) is 11.5. The smallest absolute Gasteiger partial charge is 0.285 e. The summed E-state index contributed by atoms with van der Waals surface area (Å²) in [4.78, 5) is 39.8. The molecule has 2 amide bonds. The summed E-state index contributed by atoms with van der Waals surface area (Å²) in [6.07, 6.45) is -0.822. The van der Waals surface area contributed by atoms with Crippen molar-refractivity contribution in [2.75, 3.05) is 0 Å². The van der Waals surface area contributed by atoms with Crippen LogP contribution < -0.4 is 0 Å². The lowest BCUT2D eigenvalue weighted by Gasteiger charge is -2.16. The highest BCUT2D eigenvalue weighted by atomic mass is 16.7. The van der Waals surface area contributed by atoms with E-state index in [0.29, 0.717) is 16.2 Å². The van der Waals surface area contributed by atoms with Gasteiger partial charge in [0.2, 0.25) is 0 Å². The molecule has 0 spiro atoms. The molecule has 0 radical (unpaired) electrons. The van der Waals surface area contributed by atoms with E-state index in [2.05, 4.69) is 0 Å². The number of hydrogen-bond acceptors (Lipinski definition) is 4. The Morgan fingerprint density at radius 3 is 2.06 bits per heavy atom. The highest BCUT2D eigenvalue weighted by molar-refractivity contribution is 6.20. The van der Waals surface area contributed by atoms with E-state index in [0.717, 1.165) is 0 Å². The number of carbonyl (C=O) groups excluding carboxylic acids is 3. The molecule has 0 saturated carbocycles. The Morgan fingerprint density at radius 2 is 1.65 bits per heavy atom. The topological polar surface area (TPSA) is 63.7 Å². The van der Waals surface area contributed by atoms with Crippen molar-refractivity contribution in [2.45, 2.75) is 20.0 Å². The third-order valence-electron chi connectivity index (χ3n) is 2.59. The zero-order valence-electron chi connectivity index (χ0n) is 9.47. The maximum atomic E-state index is 11.8. The lowest BCUT2D eigenvalue weighted by atomic mass is 10.1. The zero-order valence-corrected chi connectivity index (χ0v) is 9.47. The number of ketones is 1. The number of Topliss-reactive ketones (excluding diaryl/α,β-unsaturated/α-hetero) is 1. The van der Waals surface area contributed by atoms with Gasteiger partial charge in [-0.3, -0.25) is 19.2 Å². The quantitative estimate of drug-likeness (QED) is 0.736. The molecular formula is C12H11NO4. The van der Waals surface area contributed by atoms with Crippen LogP contribution in [0.15, 0.2) is 24.3 Å². The molecule has 5 heteroatoms. The van der Waals surface area contributed by atoms with Crippen molar-refractivity contribution >= 4 is 17.6 Å². The van der Waals surface area contributed by atoms with Crippen LogP contribution in [0.1, 0.15) is 34.6 Å². The molecule has 1 atom stereocenters. The first-order chi connectivity index (χ1) is 8.02. The van der Waals surface area contributed by atoms with Gasteiger partial charge in [0.15, 0.2) is 5.78 Å². The number of hydroxylamine groups is 2. The lowest BCUT2D eigenvalue weighted by Crippen LogP contribution is -2.36. The Labute approximate surface area is 97.9 Å². The second-order valence-electron chi connectivity index (χ2n) is 3.81. The molecule has 0 fully saturated rings. The van der Waals surface area contributed by atoms with E-state index in [-0.39, 0.29) is 5.78 Å². The lowest BCUT2D eigenvalue weighted by molar-refractivity contribution is -0.152. The molecule has 0 saturated heterocycles. The molecule has 0 aromatic heterocycles. The minimum Gasteiger partial charge on any atom is -0.297 e. The Morgan fingerprint density at radius 1 is 1.18 bits per heavy atom. The summed E-state index contributed by atoms with van der Waals surface area (Å²) in [5, 5.41) is 0.650. The first-order valence-corrected chi connectivity index (χ1v) is 5.17. The largest absolute Gasteiger partial charge is 0.297 e. The van der Waals surface area contributed by atoms with Gasteiger partial charge in [0.1, 0.15) is 6.10 Å². The minimum absolute atomic E-state index is 0.249. The Hall–Kier alpha value is -2.01. The molecule has 1 aromatic carbocycles. The van der Waals surface area contributed by atoms with E-state index in [9.17, 15) is 14.4 Å². The van der Waals surface area contributed by atoms with E-state index in [1.54, 1.807) is 24.3 Å². The average Bonchev–Trinajstić information content (AvgIpc) is 2.55.